The number of β-amino-alcohol motifs (C(OH)–C–C–N with tert-alkyl or cyclic N) is 1. The van der Waals surface area contributed by atoms with Crippen molar-refractivity contribution in [1.29, 1.82) is 0 Å². The first-order valence-corrected chi connectivity index (χ1v) is 6.67. The Kier molecular flexibility index (Phi) is 6.12. The van der Waals surface area contributed by atoms with Gasteiger partial charge in [0.25, 0.3) is 0 Å². The Morgan fingerprint density at radius 2 is 1.79 bits per heavy atom. The van der Waals surface area contributed by atoms with Gasteiger partial charge in [0.05, 0.1) is 7.11 Å². The van der Waals surface area contributed by atoms with Crippen LogP contribution < -0.4 is 14.8 Å². The first kappa shape index (κ1) is 15.8. The number of hydrogen-bond donors (Lipinski definition) is 2. The van der Waals surface area contributed by atoms with Crippen LogP contribution in [0.15, 0.2) is 24.3 Å². The van der Waals surface area contributed by atoms with Crippen LogP contribution in [0.5, 0.6) is 11.5 Å². The zero-order valence-electron chi connectivity index (χ0n) is 12.3. The van der Waals surface area contributed by atoms with Gasteiger partial charge in [-0.25, -0.2) is 0 Å². The van der Waals surface area contributed by atoms with Gasteiger partial charge in [-0.05, 0) is 44.5 Å². The molecule has 0 fully saturated rings. The molecule has 0 bridgehead atoms. The first-order chi connectivity index (χ1) is 8.96. The lowest BCUT2D eigenvalue weighted by Gasteiger charge is -2.26. The fraction of sp³-hybridized carbons (Fsp3) is 0.600. The minimum absolute atomic E-state index is 0.0428. The van der Waals surface area contributed by atoms with Crippen LogP contribution in [-0.4, -0.2) is 37.0 Å². The summed E-state index contributed by atoms with van der Waals surface area (Å²) in [6.45, 7) is 7.15. The van der Waals surface area contributed by atoms with E-state index in [0.29, 0.717) is 6.54 Å². The van der Waals surface area contributed by atoms with E-state index in [2.05, 4.69) is 26.1 Å². The number of benzene rings is 1. The minimum Gasteiger partial charge on any atom is -0.497 e. The summed E-state index contributed by atoms with van der Waals surface area (Å²) in [5.41, 5.74) is 0.0428. The van der Waals surface area contributed by atoms with Gasteiger partial charge in [-0.1, -0.05) is 6.92 Å². The van der Waals surface area contributed by atoms with Gasteiger partial charge in [-0.2, -0.15) is 0 Å². The van der Waals surface area contributed by atoms with Gasteiger partial charge in [0, 0.05) is 12.1 Å². The van der Waals surface area contributed by atoms with Crippen molar-refractivity contribution in [3.63, 3.8) is 0 Å². The second kappa shape index (κ2) is 7.36. The maximum atomic E-state index is 9.86. The molecule has 2 N–H and O–H groups in total. The third-order valence-corrected chi connectivity index (χ3v) is 3.20. The number of nitrogens with one attached hydrogen (secondary N) is 1. The second-order valence-electron chi connectivity index (χ2n) is 5.26. The quantitative estimate of drug-likeness (QED) is 0.758. The molecule has 0 aliphatic carbocycles. The molecule has 0 spiro atoms. The molecule has 0 aromatic heterocycles. The topological polar surface area (TPSA) is 50.7 Å². The smallest absolute Gasteiger partial charge is 0.119 e. The fourth-order valence-corrected chi connectivity index (χ4v) is 1.44. The highest BCUT2D eigenvalue weighted by Crippen LogP contribution is 2.17. The third kappa shape index (κ3) is 5.94. The monoisotopic (exact) mass is 267 g/mol. The van der Waals surface area contributed by atoms with E-state index in [0.717, 1.165) is 17.9 Å². The van der Waals surface area contributed by atoms with Gasteiger partial charge in [-0.3, -0.25) is 0 Å². The summed E-state index contributed by atoms with van der Waals surface area (Å²) in [5, 5.41) is 13.2. The molecule has 1 aromatic rings. The average Bonchev–Trinajstić information content (AvgIpc) is 2.43. The van der Waals surface area contributed by atoms with Crippen LogP contribution in [0, 0.1) is 0 Å². The number of ether oxygens (including phenoxy) is 2. The molecule has 0 aliphatic heterocycles. The standard InChI is InChI=1S/C15H25NO3/c1-5-15(2,3)16-10-12(17)11-19-14-8-6-13(18-4)7-9-14/h6-9,12,16-17H,5,10-11H2,1-4H3. The summed E-state index contributed by atoms with van der Waals surface area (Å²) in [5.74, 6) is 1.52. The van der Waals surface area contributed by atoms with Gasteiger partial charge < -0.3 is 19.9 Å². The van der Waals surface area contributed by atoms with E-state index < -0.39 is 6.10 Å². The Bertz CT molecular complexity index is 362. The van der Waals surface area contributed by atoms with E-state index in [1.54, 1.807) is 7.11 Å². The van der Waals surface area contributed by atoms with Crippen LogP contribution in [0.25, 0.3) is 0 Å². The molecule has 4 nitrogen and oxygen atoms in total. The Balaban J connectivity index is 2.31. The lowest BCUT2D eigenvalue weighted by atomic mass is 10.0. The summed E-state index contributed by atoms with van der Waals surface area (Å²) in [6, 6.07) is 7.32. The van der Waals surface area contributed by atoms with Crippen molar-refractivity contribution in [2.45, 2.75) is 38.8 Å². The van der Waals surface area contributed by atoms with E-state index in [1.165, 1.54) is 0 Å². The normalized spacial score (nSPS) is 13.1. The van der Waals surface area contributed by atoms with Gasteiger partial charge in [0.1, 0.15) is 24.2 Å². The number of aliphatic hydroxyl groups excluding tert-OH is 1. The lowest BCUT2D eigenvalue weighted by molar-refractivity contribution is 0.0985. The number of rotatable bonds is 8. The highest BCUT2D eigenvalue weighted by atomic mass is 16.5. The van der Waals surface area contributed by atoms with Gasteiger partial charge >= 0.3 is 0 Å². The zero-order valence-corrected chi connectivity index (χ0v) is 12.3. The molecule has 19 heavy (non-hydrogen) atoms. The van der Waals surface area contributed by atoms with E-state index >= 15 is 0 Å². The molecule has 108 valence electrons. The van der Waals surface area contributed by atoms with Gasteiger partial charge in [0.2, 0.25) is 0 Å². The summed E-state index contributed by atoms with van der Waals surface area (Å²) < 4.78 is 10.6. The average molecular weight is 267 g/mol. The Morgan fingerprint density at radius 3 is 2.32 bits per heavy atom. The van der Waals surface area contributed by atoms with Crippen LogP contribution in [0.3, 0.4) is 0 Å². The van der Waals surface area contributed by atoms with Crippen LogP contribution >= 0.6 is 0 Å². The summed E-state index contributed by atoms with van der Waals surface area (Å²) in [7, 11) is 1.63. The molecule has 0 saturated heterocycles. The molecule has 0 heterocycles. The Morgan fingerprint density at radius 1 is 1.21 bits per heavy atom. The molecule has 1 aromatic carbocycles. The molecule has 4 heteroatoms. The molecule has 0 saturated carbocycles. The Labute approximate surface area is 115 Å². The van der Waals surface area contributed by atoms with Gasteiger partial charge in [0.15, 0.2) is 0 Å². The van der Waals surface area contributed by atoms with Crippen LogP contribution in [-0.2, 0) is 0 Å². The maximum absolute atomic E-state index is 9.86. The Hall–Kier alpha value is -1.26. The zero-order chi connectivity index (χ0) is 14.3. The van der Waals surface area contributed by atoms with E-state index in [-0.39, 0.29) is 12.1 Å². The fourth-order valence-electron chi connectivity index (χ4n) is 1.44. The number of aliphatic hydroxyl groups is 1. The van der Waals surface area contributed by atoms with Crippen molar-refractivity contribution in [1.82, 2.24) is 5.32 Å². The predicted octanol–water partition coefficient (Wildman–Crippen LogP) is 2.21. The summed E-state index contributed by atoms with van der Waals surface area (Å²) >= 11 is 0. The second-order valence-corrected chi connectivity index (χ2v) is 5.26. The van der Waals surface area contributed by atoms with Crippen molar-refractivity contribution in [2.24, 2.45) is 0 Å². The lowest BCUT2D eigenvalue weighted by Crippen LogP contribution is -2.44. The molecule has 1 atom stereocenters. The maximum Gasteiger partial charge on any atom is 0.119 e. The first-order valence-electron chi connectivity index (χ1n) is 6.67. The van der Waals surface area contributed by atoms with E-state index in [4.69, 9.17) is 9.47 Å². The SMILES string of the molecule is CCC(C)(C)NCC(O)COc1ccc(OC)cc1. The van der Waals surface area contributed by atoms with Gasteiger partial charge in [-0.15, -0.1) is 0 Å². The summed E-state index contributed by atoms with van der Waals surface area (Å²) in [6.07, 6.45) is 0.493. The molecule has 1 rings (SSSR count). The van der Waals surface area contributed by atoms with Crippen LogP contribution in [0.1, 0.15) is 27.2 Å². The largest absolute Gasteiger partial charge is 0.497 e. The number of methoxy groups -OCH3 is 1. The van der Waals surface area contributed by atoms with Crippen molar-refractivity contribution < 1.29 is 14.6 Å². The molecule has 0 amide bonds. The van der Waals surface area contributed by atoms with Crippen molar-refractivity contribution >= 4 is 0 Å². The summed E-state index contributed by atoms with van der Waals surface area (Å²) in [4.78, 5) is 0. The third-order valence-electron chi connectivity index (χ3n) is 3.20. The minimum atomic E-state index is -0.520. The predicted molar refractivity (Wildman–Crippen MR) is 76.9 cm³/mol. The van der Waals surface area contributed by atoms with Crippen molar-refractivity contribution in [3.05, 3.63) is 24.3 Å². The van der Waals surface area contributed by atoms with Crippen molar-refractivity contribution in [3.8, 4) is 11.5 Å². The van der Waals surface area contributed by atoms with Crippen molar-refractivity contribution in [2.75, 3.05) is 20.3 Å². The molecular weight excluding hydrogens is 242 g/mol. The van der Waals surface area contributed by atoms with E-state index in [9.17, 15) is 5.11 Å². The highest BCUT2D eigenvalue weighted by Gasteiger charge is 2.16. The highest BCUT2D eigenvalue weighted by molar-refractivity contribution is 5.31. The molecule has 0 aliphatic rings. The van der Waals surface area contributed by atoms with Crippen LogP contribution in [0.2, 0.25) is 0 Å². The molecular formula is C15H25NO3. The van der Waals surface area contributed by atoms with E-state index in [1.807, 2.05) is 24.3 Å². The number of hydrogen-bond acceptors (Lipinski definition) is 4. The van der Waals surface area contributed by atoms with Crippen LogP contribution in [0.4, 0.5) is 0 Å². The molecule has 0 radical (unpaired) electrons. The molecule has 1 unspecified atom stereocenters.